The average molecular weight is 170 g/mol. The number of rotatable bonds is 0. The van der Waals surface area contributed by atoms with Crippen molar-refractivity contribution in [2.75, 3.05) is 0 Å². The molecule has 0 aliphatic heterocycles. The van der Waals surface area contributed by atoms with Crippen LogP contribution < -0.4 is 49.6 Å². The van der Waals surface area contributed by atoms with E-state index in [0.717, 1.165) is 0 Å². The van der Waals surface area contributed by atoms with E-state index in [1.165, 1.54) is 0 Å². The maximum atomic E-state index is 0. The number of hydrogen-bond acceptors (Lipinski definition) is 0. The smallest absolute Gasteiger partial charge is 0 e. The SMILES string of the molecule is [Cl-].[Cl-].[Cl-].[Cl-].[Si]. The molecule has 0 heterocycles. The minimum Gasteiger partial charge on any atom is -1.00 e. The van der Waals surface area contributed by atoms with Gasteiger partial charge in [0.05, 0.1) is 0 Å². The fourth-order valence-corrected chi connectivity index (χ4v) is 0. The second-order valence-corrected chi connectivity index (χ2v) is 0. The van der Waals surface area contributed by atoms with E-state index in [1.807, 2.05) is 0 Å². The molecule has 0 aliphatic rings. The Morgan fingerprint density at radius 2 is 0.400 bits per heavy atom. The van der Waals surface area contributed by atoms with E-state index in [2.05, 4.69) is 0 Å². The van der Waals surface area contributed by atoms with Crippen molar-refractivity contribution in [2.45, 2.75) is 0 Å². The van der Waals surface area contributed by atoms with Gasteiger partial charge in [-0.15, -0.1) is 0 Å². The van der Waals surface area contributed by atoms with E-state index in [9.17, 15) is 0 Å². The normalized spacial score (nSPS) is 0. The van der Waals surface area contributed by atoms with Crippen LogP contribution in [-0.2, 0) is 0 Å². The summed E-state index contributed by atoms with van der Waals surface area (Å²) in [4.78, 5) is 0. The van der Waals surface area contributed by atoms with Gasteiger partial charge in [-0.05, 0) is 0 Å². The van der Waals surface area contributed by atoms with Crippen LogP contribution in [0.3, 0.4) is 0 Å². The molecule has 0 N–H and O–H groups in total. The van der Waals surface area contributed by atoms with Gasteiger partial charge in [0.1, 0.15) is 0 Å². The van der Waals surface area contributed by atoms with Crippen LogP contribution in [0.1, 0.15) is 0 Å². The van der Waals surface area contributed by atoms with Crippen molar-refractivity contribution in [3.8, 4) is 0 Å². The van der Waals surface area contributed by atoms with Gasteiger partial charge in [-0.3, -0.25) is 0 Å². The van der Waals surface area contributed by atoms with Crippen LogP contribution in [0.15, 0.2) is 0 Å². The van der Waals surface area contributed by atoms with Crippen molar-refractivity contribution in [3.05, 3.63) is 0 Å². The van der Waals surface area contributed by atoms with Gasteiger partial charge in [0.25, 0.3) is 0 Å². The standard InChI is InChI=1S/4ClH.Si/h4*1H;/p-4. The van der Waals surface area contributed by atoms with Crippen LogP contribution in [-0.4, -0.2) is 11.0 Å². The molecular weight excluding hydrogens is 170 g/mol. The summed E-state index contributed by atoms with van der Waals surface area (Å²) < 4.78 is 0. The summed E-state index contributed by atoms with van der Waals surface area (Å²) in [5, 5.41) is 0. The molecule has 0 amide bonds. The largest absolute Gasteiger partial charge is 1.00 e. The van der Waals surface area contributed by atoms with Crippen LogP contribution in [0.2, 0.25) is 0 Å². The predicted octanol–water partition coefficient (Wildman–Crippen LogP) is -12.4. The molecule has 36 valence electrons. The van der Waals surface area contributed by atoms with Crippen molar-refractivity contribution in [1.82, 2.24) is 0 Å². The summed E-state index contributed by atoms with van der Waals surface area (Å²) in [5.41, 5.74) is 0. The lowest BCUT2D eigenvalue weighted by Gasteiger charge is -1.00. The average Bonchev–Trinajstić information content (AvgIpc) is 0. The fraction of sp³-hybridized carbons (Fsp3) is 0. The number of hydrogen-bond donors (Lipinski definition) is 0. The second-order valence-electron chi connectivity index (χ2n) is 0. The summed E-state index contributed by atoms with van der Waals surface area (Å²) >= 11 is 0. The Balaban J connectivity index is 0. The molecular formula is Cl4Si-4. The van der Waals surface area contributed by atoms with Crippen molar-refractivity contribution in [2.24, 2.45) is 0 Å². The summed E-state index contributed by atoms with van der Waals surface area (Å²) in [7, 11) is 0. The third-order valence-corrected chi connectivity index (χ3v) is 0. The maximum absolute atomic E-state index is 0. The summed E-state index contributed by atoms with van der Waals surface area (Å²) in [5.74, 6) is 0. The Kier molecular flexibility index (Phi) is 1060. The van der Waals surface area contributed by atoms with Gasteiger partial charge in [0.2, 0.25) is 0 Å². The molecule has 0 unspecified atom stereocenters. The topological polar surface area (TPSA) is 0 Å². The molecule has 0 aromatic heterocycles. The molecule has 0 aromatic rings. The molecule has 0 aromatic carbocycles. The van der Waals surface area contributed by atoms with E-state index in [1.54, 1.807) is 0 Å². The van der Waals surface area contributed by atoms with Gasteiger partial charge in [-0.25, -0.2) is 0 Å². The molecule has 0 spiro atoms. The maximum Gasteiger partial charge on any atom is 0 e. The molecule has 0 nitrogen and oxygen atoms in total. The minimum atomic E-state index is 0. The van der Waals surface area contributed by atoms with E-state index >= 15 is 0 Å². The highest BCUT2D eigenvalue weighted by atomic mass is 35.5. The molecule has 0 bridgehead atoms. The van der Waals surface area contributed by atoms with Crippen LogP contribution in [0.5, 0.6) is 0 Å². The van der Waals surface area contributed by atoms with Crippen molar-refractivity contribution < 1.29 is 49.6 Å². The molecule has 0 saturated heterocycles. The number of halogens is 4. The highest BCUT2D eigenvalue weighted by molar-refractivity contribution is 5.75. The Hall–Kier alpha value is 1.38. The summed E-state index contributed by atoms with van der Waals surface area (Å²) in [6.45, 7) is 0. The zero-order valence-electron chi connectivity index (χ0n) is 2.01. The van der Waals surface area contributed by atoms with Gasteiger partial charge in [0, 0.05) is 11.0 Å². The summed E-state index contributed by atoms with van der Waals surface area (Å²) in [6.07, 6.45) is 0. The monoisotopic (exact) mass is 168 g/mol. The van der Waals surface area contributed by atoms with Gasteiger partial charge >= 0.3 is 0 Å². The van der Waals surface area contributed by atoms with Crippen LogP contribution in [0.25, 0.3) is 0 Å². The quantitative estimate of drug-likeness (QED) is 0.316. The first-order valence-corrected chi connectivity index (χ1v) is 0. The Morgan fingerprint density at radius 1 is 0.400 bits per heavy atom. The van der Waals surface area contributed by atoms with Gasteiger partial charge in [-0.2, -0.15) is 0 Å². The third kappa shape index (κ3) is 32.3. The lowest BCUT2D eigenvalue weighted by molar-refractivity contribution is -0.00100. The second kappa shape index (κ2) is 54.3. The molecule has 0 atom stereocenters. The molecule has 0 rings (SSSR count). The highest BCUT2D eigenvalue weighted by Crippen LogP contribution is -0.381. The molecule has 5 heteroatoms. The first-order valence-electron chi connectivity index (χ1n) is 0. The van der Waals surface area contributed by atoms with Gasteiger partial charge in [-0.1, -0.05) is 0 Å². The van der Waals surface area contributed by atoms with E-state index in [4.69, 9.17) is 0 Å². The first kappa shape index (κ1) is 97.2. The molecule has 0 fully saturated rings. The molecule has 4 radical (unpaired) electrons. The Morgan fingerprint density at radius 3 is 0.400 bits per heavy atom. The van der Waals surface area contributed by atoms with Gasteiger partial charge in [0.15, 0.2) is 0 Å². The van der Waals surface area contributed by atoms with Crippen molar-refractivity contribution in [3.63, 3.8) is 0 Å². The van der Waals surface area contributed by atoms with Crippen molar-refractivity contribution in [1.29, 1.82) is 0 Å². The zero-order valence-corrected chi connectivity index (χ0v) is 6.04. The lowest BCUT2D eigenvalue weighted by Crippen LogP contribution is -3.00. The van der Waals surface area contributed by atoms with Crippen LogP contribution >= 0.6 is 0 Å². The van der Waals surface area contributed by atoms with E-state index < -0.39 is 0 Å². The fourth-order valence-electron chi connectivity index (χ4n) is 0. The minimum absolute atomic E-state index is 0. The Labute approximate surface area is 60.8 Å². The van der Waals surface area contributed by atoms with E-state index in [-0.39, 0.29) is 60.6 Å². The van der Waals surface area contributed by atoms with E-state index in [0.29, 0.717) is 0 Å². The first-order chi connectivity index (χ1) is 0. The highest BCUT2D eigenvalue weighted by Gasteiger charge is 0.00000401. The summed E-state index contributed by atoms with van der Waals surface area (Å²) in [6, 6.07) is 0. The Bertz CT molecular complexity index is 3.61. The van der Waals surface area contributed by atoms with Crippen LogP contribution in [0.4, 0.5) is 0 Å². The third-order valence-electron chi connectivity index (χ3n) is 0. The zero-order chi connectivity index (χ0) is 0. The molecule has 0 saturated carbocycles. The molecule has 5 heavy (non-hydrogen) atoms. The predicted molar refractivity (Wildman–Crippen MR) is 5.75 cm³/mol. The molecule has 0 aliphatic carbocycles. The lowest BCUT2D eigenvalue weighted by atomic mass is 28.1. The van der Waals surface area contributed by atoms with Crippen LogP contribution in [0, 0.1) is 0 Å². The van der Waals surface area contributed by atoms with Gasteiger partial charge < -0.3 is 49.6 Å². The van der Waals surface area contributed by atoms with Crippen molar-refractivity contribution >= 4 is 11.0 Å².